The van der Waals surface area contributed by atoms with E-state index in [0.29, 0.717) is 6.61 Å². The van der Waals surface area contributed by atoms with Gasteiger partial charge in [-0.1, -0.05) is 6.92 Å². The molecule has 0 atom stereocenters. The Morgan fingerprint density at radius 1 is 1.54 bits per heavy atom. The smallest absolute Gasteiger partial charge is 0.0803 e. The molecule has 0 unspecified atom stereocenters. The summed E-state index contributed by atoms with van der Waals surface area (Å²) in [7, 11) is 1.71. The van der Waals surface area contributed by atoms with E-state index >= 15 is 0 Å². The minimum atomic E-state index is -0.0534. The molecule has 0 aliphatic heterocycles. The maximum atomic E-state index is 5.14. The fourth-order valence-corrected chi connectivity index (χ4v) is 1.29. The van der Waals surface area contributed by atoms with E-state index in [1.54, 1.807) is 7.11 Å². The number of rotatable bonds is 4. The Balaban J connectivity index is 2.80. The second-order valence-electron chi connectivity index (χ2n) is 3.89. The number of hydrogen-bond donors (Lipinski definition) is 0. The summed E-state index contributed by atoms with van der Waals surface area (Å²) in [5.41, 5.74) is 1.21. The Hall–Kier alpha value is -0.830. The van der Waals surface area contributed by atoms with Gasteiger partial charge in [0.1, 0.15) is 0 Å². The molecule has 1 aromatic rings. The highest BCUT2D eigenvalue weighted by Gasteiger charge is 2.20. The summed E-state index contributed by atoms with van der Waals surface area (Å²) in [5, 5.41) is 4.31. The second-order valence-corrected chi connectivity index (χ2v) is 3.89. The van der Waals surface area contributed by atoms with Crippen molar-refractivity contribution in [1.29, 1.82) is 0 Å². The highest BCUT2D eigenvalue weighted by atomic mass is 16.5. The molecule has 0 aromatic carbocycles. The van der Waals surface area contributed by atoms with Crippen molar-refractivity contribution in [1.82, 2.24) is 9.78 Å². The first-order valence-electron chi connectivity index (χ1n) is 4.63. The van der Waals surface area contributed by atoms with Crippen LogP contribution in [0, 0.1) is 0 Å². The molecule has 3 heteroatoms. The first kappa shape index (κ1) is 10.3. The van der Waals surface area contributed by atoms with E-state index < -0.39 is 0 Å². The molecule has 74 valence electrons. The van der Waals surface area contributed by atoms with Crippen LogP contribution in [0.2, 0.25) is 0 Å². The molecule has 0 bridgehead atoms. The molecule has 1 heterocycles. The zero-order chi connectivity index (χ0) is 9.90. The van der Waals surface area contributed by atoms with E-state index in [4.69, 9.17) is 4.74 Å². The molecule has 0 saturated heterocycles. The second kappa shape index (κ2) is 3.92. The predicted molar refractivity (Wildman–Crippen MR) is 52.8 cm³/mol. The van der Waals surface area contributed by atoms with Crippen LogP contribution in [0.5, 0.6) is 0 Å². The van der Waals surface area contributed by atoms with Gasteiger partial charge in [-0.25, -0.2) is 0 Å². The topological polar surface area (TPSA) is 27.1 Å². The normalized spacial score (nSPS) is 12.0. The molecule has 0 N–H and O–H groups in total. The van der Waals surface area contributed by atoms with Crippen LogP contribution in [0.4, 0.5) is 0 Å². The number of methoxy groups -OCH3 is 1. The molecule has 3 nitrogen and oxygen atoms in total. The lowest BCUT2D eigenvalue weighted by molar-refractivity contribution is 0.101. The third kappa shape index (κ3) is 2.31. The summed E-state index contributed by atoms with van der Waals surface area (Å²) in [5.74, 6) is 0. The van der Waals surface area contributed by atoms with Crippen LogP contribution in [0.25, 0.3) is 0 Å². The lowest BCUT2D eigenvalue weighted by Gasteiger charge is -2.24. The van der Waals surface area contributed by atoms with E-state index in [0.717, 1.165) is 6.42 Å². The maximum Gasteiger partial charge on any atom is 0.0803 e. The van der Waals surface area contributed by atoms with E-state index in [1.165, 1.54) is 5.56 Å². The Morgan fingerprint density at radius 3 is 2.69 bits per heavy atom. The van der Waals surface area contributed by atoms with Gasteiger partial charge in [0.2, 0.25) is 0 Å². The van der Waals surface area contributed by atoms with Crippen molar-refractivity contribution in [3.8, 4) is 0 Å². The van der Waals surface area contributed by atoms with Gasteiger partial charge in [0.05, 0.1) is 18.3 Å². The van der Waals surface area contributed by atoms with Crippen LogP contribution in [0.3, 0.4) is 0 Å². The lowest BCUT2D eigenvalue weighted by atomic mass is 10.1. The molecule has 0 aliphatic rings. The predicted octanol–water partition coefficient (Wildman–Crippen LogP) is 1.83. The fraction of sp³-hybridized carbons (Fsp3) is 0.700. The summed E-state index contributed by atoms with van der Waals surface area (Å²) in [4.78, 5) is 0. The molecular weight excluding hydrogens is 164 g/mol. The van der Waals surface area contributed by atoms with E-state index in [-0.39, 0.29) is 5.54 Å². The van der Waals surface area contributed by atoms with Crippen LogP contribution < -0.4 is 0 Å². The van der Waals surface area contributed by atoms with Crippen LogP contribution in [0.1, 0.15) is 26.3 Å². The first-order chi connectivity index (χ1) is 6.10. The standard InChI is InChI=1S/C10H18N2O/c1-5-9-6-11-12(7-9)10(2,3)8-13-4/h6-7H,5,8H2,1-4H3. The third-order valence-electron chi connectivity index (χ3n) is 2.16. The summed E-state index contributed by atoms with van der Waals surface area (Å²) >= 11 is 0. The average Bonchev–Trinajstić information content (AvgIpc) is 2.52. The molecule has 0 amide bonds. The van der Waals surface area contributed by atoms with Gasteiger partial charge >= 0.3 is 0 Å². The molecule has 0 fully saturated rings. The van der Waals surface area contributed by atoms with E-state index in [1.807, 2.05) is 10.9 Å². The van der Waals surface area contributed by atoms with Crippen LogP contribution in [-0.4, -0.2) is 23.5 Å². The number of hydrogen-bond acceptors (Lipinski definition) is 2. The van der Waals surface area contributed by atoms with Crippen molar-refractivity contribution in [2.24, 2.45) is 0 Å². The highest BCUT2D eigenvalue weighted by Crippen LogP contribution is 2.15. The third-order valence-corrected chi connectivity index (χ3v) is 2.16. The van der Waals surface area contributed by atoms with Crippen LogP contribution in [-0.2, 0) is 16.7 Å². The SMILES string of the molecule is CCc1cnn(C(C)(C)COC)c1. The molecule has 13 heavy (non-hydrogen) atoms. The van der Waals surface area contributed by atoms with Gasteiger partial charge in [-0.3, -0.25) is 4.68 Å². The monoisotopic (exact) mass is 182 g/mol. The Bertz CT molecular complexity index is 266. The minimum absolute atomic E-state index is 0.0534. The average molecular weight is 182 g/mol. The van der Waals surface area contributed by atoms with Crippen molar-refractivity contribution in [3.05, 3.63) is 18.0 Å². The van der Waals surface area contributed by atoms with Crippen molar-refractivity contribution in [3.63, 3.8) is 0 Å². The van der Waals surface area contributed by atoms with E-state index in [9.17, 15) is 0 Å². The number of nitrogens with zero attached hydrogens (tertiary/aromatic N) is 2. The van der Waals surface area contributed by atoms with Crippen molar-refractivity contribution < 1.29 is 4.74 Å². The highest BCUT2D eigenvalue weighted by molar-refractivity contribution is 5.04. The largest absolute Gasteiger partial charge is 0.382 e. The van der Waals surface area contributed by atoms with Gasteiger partial charge in [0.15, 0.2) is 0 Å². The molecule has 0 radical (unpaired) electrons. The molecular formula is C10H18N2O. The van der Waals surface area contributed by atoms with Gasteiger partial charge in [0.25, 0.3) is 0 Å². The number of aryl methyl sites for hydroxylation is 1. The van der Waals surface area contributed by atoms with Crippen molar-refractivity contribution >= 4 is 0 Å². The van der Waals surface area contributed by atoms with Gasteiger partial charge < -0.3 is 4.74 Å². The Labute approximate surface area is 79.7 Å². The van der Waals surface area contributed by atoms with Gasteiger partial charge in [-0.15, -0.1) is 0 Å². The van der Waals surface area contributed by atoms with Crippen LogP contribution in [0.15, 0.2) is 12.4 Å². The molecule has 0 saturated carbocycles. The summed E-state index contributed by atoms with van der Waals surface area (Å²) in [6.45, 7) is 7.04. The Kier molecular flexibility index (Phi) is 3.09. The lowest BCUT2D eigenvalue weighted by Crippen LogP contribution is -2.31. The van der Waals surface area contributed by atoms with Gasteiger partial charge in [0, 0.05) is 13.3 Å². The van der Waals surface area contributed by atoms with Crippen molar-refractivity contribution in [2.45, 2.75) is 32.7 Å². The van der Waals surface area contributed by atoms with Crippen molar-refractivity contribution in [2.75, 3.05) is 13.7 Å². The van der Waals surface area contributed by atoms with Gasteiger partial charge in [-0.2, -0.15) is 5.10 Å². The Morgan fingerprint density at radius 2 is 2.23 bits per heavy atom. The molecule has 0 aliphatic carbocycles. The fourth-order valence-electron chi connectivity index (χ4n) is 1.29. The molecule has 1 rings (SSSR count). The zero-order valence-corrected chi connectivity index (χ0v) is 8.87. The molecule has 1 aromatic heterocycles. The number of ether oxygens (including phenoxy) is 1. The summed E-state index contributed by atoms with van der Waals surface area (Å²) in [6.07, 6.45) is 5.03. The first-order valence-corrected chi connectivity index (χ1v) is 4.63. The zero-order valence-electron chi connectivity index (χ0n) is 8.87. The molecule has 0 spiro atoms. The van der Waals surface area contributed by atoms with Gasteiger partial charge in [-0.05, 0) is 25.8 Å². The minimum Gasteiger partial charge on any atom is -0.382 e. The summed E-state index contributed by atoms with van der Waals surface area (Å²) in [6, 6.07) is 0. The quantitative estimate of drug-likeness (QED) is 0.710. The van der Waals surface area contributed by atoms with E-state index in [2.05, 4.69) is 32.1 Å². The van der Waals surface area contributed by atoms with Crippen LogP contribution >= 0.6 is 0 Å². The number of aromatic nitrogens is 2. The maximum absolute atomic E-state index is 5.14. The summed E-state index contributed by atoms with van der Waals surface area (Å²) < 4.78 is 7.11.